The summed E-state index contributed by atoms with van der Waals surface area (Å²) in [5.41, 5.74) is 2.69. The van der Waals surface area contributed by atoms with Gasteiger partial charge < -0.3 is 20.3 Å². The van der Waals surface area contributed by atoms with Crippen LogP contribution in [-0.4, -0.2) is 56.2 Å². The average Bonchev–Trinajstić information content (AvgIpc) is 2.54. The summed E-state index contributed by atoms with van der Waals surface area (Å²) >= 11 is 0. The number of ether oxygens (including phenoxy) is 1. The highest BCUT2D eigenvalue weighted by molar-refractivity contribution is 14.0. The summed E-state index contributed by atoms with van der Waals surface area (Å²) in [5.74, 6) is 0.951. The Kier molecular flexibility index (Phi) is 9.16. The van der Waals surface area contributed by atoms with Crippen LogP contribution in [0.25, 0.3) is 0 Å². The van der Waals surface area contributed by atoms with E-state index in [0.717, 1.165) is 38.7 Å². The van der Waals surface area contributed by atoms with E-state index < -0.39 is 0 Å². The highest BCUT2D eigenvalue weighted by atomic mass is 127. The first-order valence-electron chi connectivity index (χ1n) is 8.78. The van der Waals surface area contributed by atoms with E-state index in [2.05, 4.69) is 72.5 Å². The van der Waals surface area contributed by atoms with Crippen LogP contribution in [0.15, 0.2) is 29.3 Å². The number of benzene rings is 1. The molecular weight excluding hydrogens is 427 g/mol. The van der Waals surface area contributed by atoms with Gasteiger partial charge in [0.1, 0.15) is 6.10 Å². The molecule has 2 rings (SSSR count). The fourth-order valence-electron chi connectivity index (χ4n) is 2.92. The third-order valence-electron chi connectivity index (χ3n) is 4.18. The lowest BCUT2D eigenvalue weighted by atomic mass is 10.0. The van der Waals surface area contributed by atoms with Crippen molar-refractivity contribution in [2.75, 3.05) is 39.8 Å². The summed E-state index contributed by atoms with van der Waals surface area (Å²) in [6.07, 6.45) is 0.103. The van der Waals surface area contributed by atoms with E-state index in [1.54, 1.807) is 0 Å². The zero-order valence-corrected chi connectivity index (χ0v) is 18.5. The average molecular weight is 460 g/mol. The molecule has 0 spiro atoms. The van der Waals surface area contributed by atoms with Gasteiger partial charge >= 0.3 is 0 Å². The third-order valence-corrected chi connectivity index (χ3v) is 4.18. The largest absolute Gasteiger partial charge is 0.370 e. The number of morpholine rings is 1. The minimum atomic E-state index is 0. The molecule has 1 aromatic carbocycles. The molecule has 1 aliphatic heterocycles. The van der Waals surface area contributed by atoms with Crippen molar-refractivity contribution in [3.63, 3.8) is 0 Å². The molecule has 1 aliphatic rings. The number of halogens is 1. The standard InChI is InChI=1S/C19H32N4O.HI/c1-15-8-6-7-9-16(15)17-14-23(12-13-24-17)18(20-5)21-10-11-22-19(2,3)4;/h6-9,17,22H,10-14H2,1-5H3,(H,20,21);1H. The van der Waals surface area contributed by atoms with Crippen molar-refractivity contribution in [1.82, 2.24) is 15.5 Å². The minimum absolute atomic E-state index is 0. The summed E-state index contributed by atoms with van der Waals surface area (Å²) in [6.45, 7) is 12.9. The Morgan fingerprint density at radius 3 is 2.64 bits per heavy atom. The fourth-order valence-corrected chi connectivity index (χ4v) is 2.92. The minimum Gasteiger partial charge on any atom is -0.370 e. The molecule has 0 radical (unpaired) electrons. The van der Waals surface area contributed by atoms with Crippen LogP contribution in [0.5, 0.6) is 0 Å². The number of aliphatic imine (C=N–C) groups is 1. The van der Waals surface area contributed by atoms with Crippen LogP contribution in [0, 0.1) is 6.92 Å². The topological polar surface area (TPSA) is 48.9 Å². The van der Waals surface area contributed by atoms with Gasteiger partial charge in [-0.3, -0.25) is 4.99 Å². The van der Waals surface area contributed by atoms with Crippen molar-refractivity contribution < 1.29 is 4.74 Å². The van der Waals surface area contributed by atoms with Crippen LogP contribution in [0.4, 0.5) is 0 Å². The van der Waals surface area contributed by atoms with Gasteiger partial charge in [0, 0.05) is 32.2 Å². The first-order chi connectivity index (χ1) is 11.4. The predicted molar refractivity (Wildman–Crippen MR) is 116 cm³/mol. The van der Waals surface area contributed by atoms with Gasteiger partial charge in [-0.15, -0.1) is 24.0 Å². The van der Waals surface area contributed by atoms with Gasteiger partial charge in [-0.1, -0.05) is 24.3 Å². The number of hydrogen-bond acceptors (Lipinski definition) is 3. The number of nitrogens with zero attached hydrogens (tertiary/aromatic N) is 2. The molecule has 5 nitrogen and oxygen atoms in total. The number of hydrogen-bond donors (Lipinski definition) is 2. The van der Waals surface area contributed by atoms with E-state index in [-0.39, 0.29) is 35.6 Å². The van der Waals surface area contributed by atoms with Gasteiger partial charge in [0.05, 0.1) is 13.2 Å². The van der Waals surface area contributed by atoms with Gasteiger partial charge in [-0.2, -0.15) is 0 Å². The lowest BCUT2D eigenvalue weighted by Crippen LogP contribution is -2.50. The van der Waals surface area contributed by atoms with Gasteiger partial charge in [0.15, 0.2) is 5.96 Å². The second-order valence-corrected chi connectivity index (χ2v) is 7.31. The van der Waals surface area contributed by atoms with Gasteiger partial charge in [0.25, 0.3) is 0 Å². The highest BCUT2D eigenvalue weighted by Crippen LogP contribution is 2.24. The number of rotatable bonds is 4. The van der Waals surface area contributed by atoms with Gasteiger partial charge in [-0.25, -0.2) is 0 Å². The Labute approximate surface area is 169 Å². The maximum Gasteiger partial charge on any atom is 0.193 e. The maximum atomic E-state index is 6.00. The Hall–Kier alpha value is -0.860. The van der Waals surface area contributed by atoms with Crippen molar-refractivity contribution in [2.24, 2.45) is 4.99 Å². The zero-order valence-electron chi connectivity index (χ0n) is 16.1. The molecule has 6 heteroatoms. The molecule has 0 amide bonds. The molecule has 1 aromatic rings. The molecule has 0 aromatic heterocycles. The Balaban J connectivity index is 0.00000312. The van der Waals surface area contributed by atoms with Crippen LogP contribution in [0.2, 0.25) is 0 Å². The number of nitrogens with one attached hydrogen (secondary N) is 2. The molecule has 1 atom stereocenters. The van der Waals surface area contributed by atoms with Crippen LogP contribution >= 0.6 is 24.0 Å². The number of aryl methyl sites for hydroxylation is 1. The van der Waals surface area contributed by atoms with Crippen molar-refractivity contribution in [1.29, 1.82) is 0 Å². The Morgan fingerprint density at radius 2 is 2.00 bits per heavy atom. The Morgan fingerprint density at radius 1 is 1.28 bits per heavy atom. The van der Waals surface area contributed by atoms with Crippen molar-refractivity contribution >= 4 is 29.9 Å². The molecule has 0 bridgehead atoms. The number of guanidine groups is 1. The summed E-state index contributed by atoms with van der Waals surface area (Å²) in [6, 6.07) is 8.45. The Bertz CT molecular complexity index is 557. The van der Waals surface area contributed by atoms with Crippen LogP contribution < -0.4 is 10.6 Å². The molecule has 1 unspecified atom stereocenters. The quantitative estimate of drug-likeness (QED) is 0.314. The van der Waals surface area contributed by atoms with Crippen molar-refractivity contribution in [3.8, 4) is 0 Å². The molecule has 1 heterocycles. The van der Waals surface area contributed by atoms with E-state index in [9.17, 15) is 0 Å². The fraction of sp³-hybridized carbons (Fsp3) is 0.632. The smallest absolute Gasteiger partial charge is 0.193 e. The predicted octanol–water partition coefficient (Wildman–Crippen LogP) is 2.95. The van der Waals surface area contributed by atoms with E-state index in [1.807, 2.05) is 7.05 Å². The first-order valence-corrected chi connectivity index (χ1v) is 8.78. The first kappa shape index (κ1) is 22.2. The molecule has 142 valence electrons. The molecule has 0 saturated carbocycles. The second-order valence-electron chi connectivity index (χ2n) is 7.31. The van der Waals surface area contributed by atoms with E-state index in [4.69, 9.17) is 4.74 Å². The van der Waals surface area contributed by atoms with Crippen LogP contribution in [-0.2, 0) is 4.74 Å². The molecule has 2 N–H and O–H groups in total. The molecule has 1 fully saturated rings. The monoisotopic (exact) mass is 460 g/mol. The van der Waals surface area contributed by atoms with Gasteiger partial charge in [0.2, 0.25) is 0 Å². The van der Waals surface area contributed by atoms with E-state index in [1.165, 1.54) is 11.1 Å². The summed E-state index contributed by atoms with van der Waals surface area (Å²) in [7, 11) is 1.84. The molecule has 0 aliphatic carbocycles. The van der Waals surface area contributed by atoms with Crippen LogP contribution in [0.3, 0.4) is 0 Å². The zero-order chi connectivity index (χ0) is 17.6. The maximum absolute atomic E-state index is 6.00. The lowest BCUT2D eigenvalue weighted by Gasteiger charge is -2.36. The van der Waals surface area contributed by atoms with Crippen molar-refractivity contribution in [2.45, 2.75) is 39.3 Å². The normalized spacial score (nSPS) is 18.7. The second kappa shape index (κ2) is 10.3. The SMILES string of the molecule is CN=C(NCCNC(C)(C)C)N1CCOC(c2ccccc2C)C1.I. The summed E-state index contributed by atoms with van der Waals surface area (Å²) < 4.78 is 6.00. The summed E-state index contributed by atoms with van der Waals surface area (Å²) in [5, 5.41) is 6.94. The third kappa shape index (κ3) is 7.11. The lowest BCUT2D eigenvalue weighted by molar-refractivity contribution is -0.00829. The molecule has 1 saturated heterocycles. The molecular formula is C19H33IN4O. The highest BCUT2D eigenvalue weighted by Gasteiger charge is 2.25. The van der Waals surface area contributed by atoms with Crippen LogP contribution in [0.1, 0.15) is 38.0 Å². The van der Waals surface area contributed by atoms with E-state index >= 15 is 0 Å². The van der Waals surface area contributed by atoms with Crippen molar-refractivity contribution in [3.05, 3.63) is 35.4 Å². The van der Waals surface area contributed by atoms with E-state index in [0.29, 0.717) is 0 Å². The van der Waals surface area contributed by atoms with Gasteiger partial charge in [-0.05, 0) is 38.8 Å². The molecule has 25 heavy (non-hydrogen) atoms. The summed E-state index contributed by atoms with van der Waals surface area (Å²) in [4.78, 5) is 6.73.